The van der Waals surface area contributed by atoms with Crippen molar-refractivity contribution in [2.45, 2.75) is 45.1 Å². The molecule has 2 aromatic heterocycles. The molecule has 0 radical (unpaired) electrons. The Hall–Kier alpha value is -3.51. The van der Waals surface area contributed by atoms with Crippen molar-refractivity contribution in [3.63, 3.8) is 0 Å². The number of thiophene rings is 1. The number of nitrogens with zero attached hydrogens (tertiary/aromatic N) is 3. The van der Waals surface area contributed by atoms with Crippen molar-refractivity contribution in [1.82, 2.24) is 9.78 Å². The summed E-state index contributed by atoms with van der Waals surface area (Å²) in [5, 5.41) is 26.8. The Morgan fingerprint density at radius 1 is 1.23 bits per heavy atom. The molecule has 1 atom stereocenters. The molecule has 2 N–H and O–H groups in total. The molecular weight excluding hydrogens is 416 g/mol. The molecule has 0 saturated carbocycles. The van der Waals surface area contributed by atoms with Crippen molar-refractivity contribution in [1.29, 1.82) is 5.26 Å². The quantitative estimate of drug-likeness (QED) is 0.603. The molecule has 1 aliphatic rings. The highest BCUT2D eigenvalue weighted by Gasteiger charge is 2.26. The lowest BCUT2D eigenvalue weighted by Gasteiger charge is -2.15. The van der Waals surface area contributed by atoms with Crippen LogP contribution in [-0.2, 0) is 17.6 Å². The largest absolute Gasteiger partial charge is 0.476 e. The first-order chi connectivity index (χ1) is 14.9. The lowest BCUT2D eigenvalue weighted by molar-refractivity contribution is -0.119. The van der Waals surface area contributed by atoms with Gasteiger partial charge in [-0.25, -0.2) is 9.48 Å². The van der Waals surface area contributed by atoms with E-state index in [2.05, 4.69) is 16.5 Å². The number of benzene rings is 1. The zero-order valence-corrected chi connectivity index (χ0v) is 17.7. The fourth-order valence-electron chi connectivity index (χ4n) is 3.90. The second-order valence-electron chi connectivity index (χ2n) is 7.49. The highest BCUT2D eigenvalue weighted by molar-refractivity contribution is 7.16. The molecule has 3 aromatic rings. The van der Waals surface area contributed by atoms with E-state index in [1.807, 2.05) is 0 Å². The van der Waals surface area contributed by atoms with E-state index in [1.54, 1.807) is 12.1 Å². The molecule has 8 nitrogen and oxygen atoms in total. The van der Waals surface area contributed by atoms with Gasteiger partial charge in [-0.05, 0) is 44.2 Å². The number of anilines is 1. The first-order valence-corrected chi connectivity index (χ1v) is 10.8. The number of nitriles is 1. The van der Waals surface area contributed by atoms with Crippen LogP contribution in [-0.4, -0.2) is 26.8 Å². The van der Waals surface area contributed by atoms with Gasteiger partial charge in [0.05, 0.1) is 10.9 Å². The molecule has 1 amide bonds. The summed E-state index contributed by atoms with van der Waals surface area (Å²) in [6.45, 7) is 1.48. The van der Waals surface area contributed by atoms with Crippen LogP contribution in [0.15, 0.2) is 29.1 Å². The Morgan fingerprint density at radius 3 is 2.65 bits per heavy atom. The van der Waals surface area contributed by atoms with Crippen LogP contribution in [0, 0.1) is 11.3 Å². The van der Waals surface area contributed by atoms with Gasteiger partial charge in [0.25, 0.3) is 5.56 Å². The van der Waals surface area contributed by atoms with Crippen LogP contribution in [0.25, 0.3) is 10.8 Å². The molecular formula is C22H20N4O4S. The predicted octanol–water partition coefficient (Wildman–Crippen LogP) is 3.50. The number of carboxylic acids is 1. The number of carbonyl (C=O) groups is 2. The number of hydrogen-bond acceptors (Lipinski definition) is 6. The molecule has 9 heteroatoms. The van der Waals surface area contributed by atoms with Crippen molar-refractivity contribution in [3.05, 3.63) is 56.3 Å². The molecule has 1 aromatic carbocycles. The van der Waals surface area contributed by atoms with Gasteiger partial charge in [0, 0.05) is 10.3 Å². The standard InChI is InChI=1S/C22H20N4O4S/c1-12(26-21(28)15-9-6-5-8-14(15)18(25-26)22(29)30)19(27)24-20-16(11-23)13-7-3-2-4-10-17(13)31-20/h5-6,8-9,12H,2-4,7,10H2,1H3,(H,24,27)(H,29,30). The average molecular weight is 436 g/mol. The Morgan fingerprint density at radius 2 is 1.94 bits per heavy atom. The third kappa shape index (κ3) is 3.70. The zero-order chi connectivity index (χ0) is 22.1. The highest BCUT2D eigenvalue weighted by Crippen LogP contribution is 2.37. The maximum Gasteiger partial charge on any atom is 0.357 e. The van der Waals surface area contributed by atoms with Crippen LogP contribution < -0.4 is 10.9 Å². The molecule has 0 saturated heterocycles. The molecule has 2 heterocycles. The number of rotatable bonds is 4. The van der Waals surface area contributed by atoms with Crippen LogP contribution in [0.3, 0.4) is 0 Å². The zero-order valence-electron chi connectivity index (χ0n) is 16.8. The summed E-state index contributed by atoms with van der Waals surface area (Å²) in [4.78, 5) is 38.7. The summed E-state index contributed by atoms with van der Waals surface area (Å²) in [5.41, 5.74) is 0.635. The molecule has 0 spiro atoms. The van der Waals surface area contributed by atoms with E-state index >= 15 is 0 Å². The van der Waals surface area contributed by atoms with Gasteiger partial charge in [0.1, 0.15) is 17.1 Å². The Bertz CT molecular complexity index is 1300. The minimum atomic E-state index is -1.29. The smallest absolute Gasteiger partial charge is 0.357 e. The Kier molecular flexibility index (Phi) is 5.57. The molecule has 0 fully saturated rings. The normalized spacial score (nSPS) is 14.3. The van der Waals surface area contributed by atoms with Crippen molar-refractivity contribution >= 4 is 39.0 Å². The fraction of sp³-hybridized carbons (Fsp3) is 0.318. The summed E-state index contributed by atoms with van der Waals surface area (Å²) in [7, 11) is 0. The van der Waals surface area contributed by atoms with E-state index < -0.39 is 23.5 Å². The molecule has 1 aliphatic carbocycles. The van der Waals surface area contributed by atoms with Crippen LogP contribution in [0.5, 0.6) is 0 Å². The van der Waals surface area contributed by atoms with Crippen LogP contribution in [0.4, 0.5) is 5.00 Å². The van der Waals surface area contributed by atoms with Crippen molar-refractivity contribution in [2.75, 3.05) is 5.32 Å². The maximum atomic E-state index is 13.0. The van der Waals surface area contributed by atoms with E-state index in [9.17, 15) is 24.8 Å². The van der Waals surface area contributed by atoms with Gasteiger partial charge in [0.15, 0.2) is 5.69 Å². The van der Waals surface area contributed by atoms with Crippen LogP contribution in [0.2, 0.25) is 0 Å². The van der Waals surface area contributed by atoms with Crippen molar-refractivity contribution in [3.8, 4) is 6.07 Å². The second kappa shape index (κ2) is 8.32. The summed E-state index contributed by atoms with van der Waals surface area (Å²) in [6, 6.07) is 7.42. The summed E-state index contributed by atoms with van der Waals surface area (Å²) in [6.07, 6.45) is 4.88. The van der Waals surface area contributed by atoms with Crippen molar-refractivity contribution in [2.24, 2.45) is 0 Å². The fourth-order valence-corrected chi connectivity index (χ4v) is 5.15. The van der Waals surface area contributed by atoms with Gasteiger partial charge < -0.3 is 10.4 Å². The highest BCUT2D eigenvalue weighted by atomic mass is 32.1. The molecule has 0 bridgehead atoms. The number of aromatic carboxylic acids is 1. The number of nitrogens with one attached hydrogen (secondary N) is 1. The van der Waals surface area contributed by atoms with Crippen molar-refractivity contribution < 1.29 is 14.7 Å². The van der Waals surface area contributed by atoms with E-state index in [0.29, 0.717) is 10.6 Å². The van der Waals surface area contributed by atoms with E-state index in [0.717, 1.165) is 47.2 Å². The summed E-state index contributed by atoms with van der Waals surface area (Å²) >= 11 is 1.40. The minimum Gasteiger partial charge on any atom is -0.476 e. The molecule has 0 aliphatic heterocycles. The topological polar surface area (TPSA) is 125 Å². The monoisotopic (exact) mass is 436 g/mol. The number of amides is 1. The molecule has 31 heavy (non-hydrogen) atoms. The summed E-state index contributed by atoms with van der Waals surface area (Å²) < 4.78 is 0.895. The summed E-state index contributed by atoms with van der Waals surface area (Å²) in [5.74, 6) is -1.82. The van der Waals surface area contributed by atoms with Crippen LogP contribution >= 0.6 is 11.3 Å². The number of aromatic nitrogens is 2. The van der Waals surface area contributed by atoms with E-state index in [4.69, 9.17) is 0 Å². The lowest BCUT2D eigenvalue weighted by atomic mass is 10.1. The van der Waals surface area contributed by atoms with E-state index in [1.165, 1.54) is 30.4 Å². The number of hydrogen-bond donors (Lipinski definition) is 2. The van der Waals surface area contributed by atoms with Gasteiger partial charge >= 0.3 is 5.97 Å². The Balaban J connectivity index is 1.71. The first-order valence-electron chi connectivity index (χ1n) is 10.0. The molecule has 1 unspecified atom stereocenters. The third-order valence-electron chi connectivity index (χ3n) is 5.55. The number of carboxylic acid groups (broad SMARTS) is 1. The van der Waals surface area contributed by atoms with Gasteiger partial charge in [-0.1, -0.05) is 24.6 Å². The first kappa shape index (κ1) is 20.8. The van der Waals surface area contributed by atoms with Gasteiger partial charge in [0.2, 0.25) is 5.91 Å². The third-order valence-corrected chi connectivity index (χ3v) is 6.75. The van der Waals surface area contributed by atoms with Gasteiger partial charge in [-0.15, -0.1) is 11.3 Å². The van der Waals surface area contributed by atoms with E-state index in [-0.39, 0.29) is 16.5 Å². The molecule has 158 valence electrons. The predicted molar refractivity (Wildman–Crippen MR) is 117 cm³/mol. The maximum absolute atomic E-state index is 13.0. The van der Waals surface area contributed by atoms with Crippen LogP contribution in [0.1, 0.15) is 58.7 Å². The molecule has 4 rings (SSSR count). The second-order valence-corrected chi connectivity index (χ2v) is 8.60. The number of aryl methyl sites for hydroxylation is 1. The number of carbonyl (C=O) groups excluding carboxylic acids is 1. The Labute approximate surface area is 181 Å². The van der Waals surface area contributed by atoms with Gasteiger partial charge in [-0.2, -0.15) is 10.4 Å². The number of fused-ring (bicyclic) bond motifs is 2. The SMILES string of the molecule is CC(C(=O)Nc1sc2c(c1C#N)CCCCC2)n1nc(C(=O)O)c2ccccc2c1=O. The van der Waals surface area contributed by atoms with Gasteiger partial charge in [-0.3, -0.25) is 9.59 Å². The lowest BCUT2D eigenvalue weighted by Crippen LogP contribution is -2.34. The minimum absolute atomic E-state index is 0.176. The average Bonchev–Trinajstić information content (AvgIpc) is 2.92.